The number of hydrogen-bond donors (Lipinski definition) is 1. The van der Waals surface area contributed by atoms with E-state index in [1.807, 2.05) is 6.07 Å². The third-order valence-corrected chi connectivity index (χ3v) is 2.97. The van der Waals surface area contributed by atoms with Crippen molar-refractivity contribution in [3.05, 3.63) is 46.1 Å². The molecule has 0 fully saturated rings. The molecule has 0 atom stereocenters. The van der Waals surface area contributed by atoms with E-state index in [1.54, 1.807) is 18.2 Å². The van der Waals surface area contributed by atoms with E-state index in [0.717, 1.165) is 11.5 Å². The number of benzene rings is 1. The van der Waals surface area contributed by atoms with Gasteiger partial charge in [-0.1, -0.05) is 35.3 Å². The summed E-state index contributed by atoms with van der Waals surface area (Å²) < 4.78 is 0. The third-order valence-electron chi connectivity index (χ3n) is 2.17. The molecule has 0 radical (unpaired) electrons. The Kier molecular flexibility index (Phi) is 3.31. The minimum atomic E-state index is -1.02. The molecule has 1 N–H and O–H groups in total. The average molecular weight is 268 g/mol. The first-order valence-corrected chi connectivity index (χ1v) is 5.49. The average Bonchev–Trinajstić information content (AvgIpc) is 2.31. The topological polar surface area (TPSA) is 50.2 Å². The number of pyridine rings is 1. The van der Waals surface area contributed by atoms with Gasteiger partial charge in [-0.15, -0.1) is 0 Å². The molecule has 1 aromatic heterocycles. The lowest BCUT2D eigenvalue weighted by Gasteiger charge is -2.02. The fraction of sp³-hybridized carbons (Fsp3) is 0. The Morgan fingerprint density at radius 3 is 2.65 bits per heavy atom. The van der Waals surface area contributed by atoms with Gasteiger partial charge in [0.25, 0.3) is 0 Å². The zero-order chi connectivity index (χ0) is 12.4. The van der Waals surface area contributed by atoms with Crippen molar-refractivity contribution in [1.29, 1.82) is 0 Å². The molecule has 0 aliphatic rings. The predicted octanol–water partition coefficient (Wildman–Crippen LogP) is 3.64. The van der Waals surface area contributed by atoms with E-state index in [0.29, 0.717) is 21.3 Å². The Hall–Kier alpha value is -1.58. The van der Waals surface area contributed by atoms with Crippen LogP contribution in [0.2, 0.25) is 10.0 Å². The zero-order valence-electron chi connectivity index (χ0n) is 8.52. The van der Waals surface area contributed by atoms with E-state index in [9.17, 15) is 4.79 Å². The van der Waals surface area contributed by atoms with Crippen LogP contribution in [0.1, 0.15) is 5.69 Å². The van der Waals surface area contributed by atoms with Crippen molar-refractivity contribution in [2.45, 2.75) is 0 Å². The molecule has 0 bridgehead atoms. The van der Waals surface area contributed by atoms with Gasteiger partial charge in [0.15, 0.2) is 0 Å². The summed E-state index contributed by atoms with van der Waals surface area (Å²) in [4.78, 5) is 14.6. The van der Waals surface area contributed by atoms with E-state index < -0.39 is 5.97 Å². The normalized spacial score (nSPS) is 11.2. The highest BCUT2D eigenvalue weighted by atomic mass is 35.5. The Balaban J connectivity index is 2.56. The number of nitrogens with zero attached hydrogens (tertiary/aromatic N) is 1. The monoisotopic (exact) mass is 267 g/mol. The van der Waals surface area contributed by atoms with Gasteiger partial charge in [0, 0.05) is 11.5 Å². The molecule has 0 saturated carbocycles. The number of rotatable bonds is 2. The molecular formula is C12H7Cl2NO2. The van der Waals surface area contributed by atoms with Crippen molar-refractivity contribution >= 4 is 46.2 Å². The molecule has 0 amide bonds. The molecule has 1 aromatic carbocycles. The first-order chi connectivity index (χ1) is 8.08. The molecule has 2 rings (SSSR count). The lowest BCUT2D eigenvalue weighted by atomic mass is 10.2. The first-order valence-electron chi connectivity index (χ1n) is 4.73. The summed E-state index contributed by atoms with van der Waals surface area (Å²) in [5.74, 6) is -1.02. The summed E-state index contributed by atoms with van der Waals surface area (Å²) in [7, 11) is 0. The van der Waals surface area contributed by atoms with Crippen LogP contribution in [0, 0.1) is 0 Å². The van der Waals surface area contributed by atoms with Gasteiger partial charge in [0.1, 0.15) is 0 Å². The number of halogens is 2. The van der Waals surface area contributed by atoms with Gasteiger partial charge in [-0.3, -0.25) is 0 Å². The molecule has 3 nitrogen and oxygen atoms in total. The summed E-state index contributed by atoms with van der Waals surface area (Å²) in [5.41, 5.74) is 1.08. The Labute approximate surface area is 107 Å². The van der Waals surface area contributed by atoms with Crippen molar-refractivity contribution < 1.29 is 9.90 Å². The second-order valence-electron chi connectivity index (χ2n) is 3.34. The van der Waals surface area contributed by atoms with Gasteiger partial charge in [0.2, 0.25) is 0 Å². The lowest BCUT2D eigenvalue weighted by Crippen LogP contribution is -1.88. The Morgan fingerprint density at radius 1 is 1.24 bits per heavy atom. The van der Waals surface area contributed by atoms with Gasteiger partial charge in [-0.05, 0) is 18.2 Å². The number of carboxylic acids is 1. The minimum Gasteiger partial charge on any atom is -0.478 e. The van der Waals surface area contributed by atoms with E-state index >= 15 is 0 Å². The smallest absolute Gasteiger partial charge is 0.328 e. The number of carbonyl (C=O) groups is 1. The second kappa shape index (κ2) is 4.73. The maximum absolute atomic E-state index is 10.4. The molecule has 0 unspecified atom stereocenters. The predicted molar refractivity (Wildman–Crippen MR) is 68.4 cm³/mol. The van der Waals surface area contributed by atoms with Crippen LogP contribution in [-0.4, -0.2) is 16.1 Å². The van der Waals surface area contributed by atoms with Crippen LogP contribution in [0.3, 0.4) is 0 Å². The lowest BCUT2D eigenvalue weighted by molar-refractivity contribution is -0.131. The van der Waals surface area contributed by atoms with Gasteiger partial charge < -0.3 is 5.11 Å². The molecule has 17 heavy (non-hydrogen) atoms. The molecule has 0 aliphatic heterocycles. The highest BCUT2D eigenvalue weighted by molar-refractivity contribution is 6.45. The largest absolute Gasteiger partial charge is 0.478 e. The number of fused-ring (bicyclic) bond motifs is 1. The van der Waals surface area contributed by atoms with Crippen molar-refractivity contribution in [2.24, 2.45) is 0 Å². The van der Waals surface area contributed by atoms with E-state index in [2.05, 4.69) is 4.98 Å². The summed E-state index contributed by atoms with van der Waals surface area (Å²) in [6, 6.07) is 7.03. The third kappa shape index (κ3) is 2.57. The van der Waals surface area contributed by atoms with Gasteiger partial charge in [-0.25, -0.2) is 9.78 Å². The van der Waals surface area contributed by atoms with Crippen molar-refractivity contribution in [3.63, 3.8) is 0 Å². The van der Waals surface area contributed by atoms with Crippen LogP contribution in [-0.2, 0) is 4.79 Å². The molecular weight excluding hydrogens is 261 g/mol. The van der Waals surface area contributed by atoms with Gasteiger partial charge in [-0.2, -0.15) is 0 Å². The minimum absolute atomic E-state index is 0.370. The van der Waals surface area contributed by atoms with Gasteiger partial charge >= 0.3 is 5.97 Å². The summed E-state index contributed by atoms with van der Waals surface area (Å²) in [6.45, 7) is 0. The van der Waals surface area contributed by atoms with Crippen molar-refractivity contribution in [1.82, 2.24) is 4.98 Å². The maximum Gasteiger partial charge on any atom is 0.328 e. The summed E-state index contributed by atoms with van der Waals surface area (Å²) in [6.07, 6.45) is 2.42. The maximum atomic E-state index is 10.4. The van der Waals surface area contributed by atoms with Crippen LogP contribution in [0.4, 0.5) is 0 Å². The number of carboxylic acid groups (broad SMARTS) is 1. The summed E-state index contributed by atoms with van der Waals surface area (Å²) >= 11 is 11.9. The number of hydrogen-bond acceptors (Lipinski definition) is 2. The van der Waals surface area contributed by atoms with Crippen LogP contribution in [0.15, 0.2) is 30.3 Å². The highest BCUT2D eigenvalue weighted by Crippen LogP contribution is 2.29. The molecule has 0 spiro atoms. The van der Waals surface area contributed by atoms with E-state index in [-0.39, 0.29) is 0 Å². The first kappa shape index (κ1) is 11.9. The number of aliphatic carboxylic acids is 1. The number of aromatic nitrogens is 1. The quantitative estimate of drug-likeness (QED) is 0.846. The molecule has 1 heterocycles. The van der Waals surface area contributed by atoms with Crippen LogP contribution in [0.25, 0.3) is 17.0 Å². The molecule has 2 aromatic rings. The van der Waals surface area contributed by atoms with Gasteiger partial charge in [0.05, 0.1) is 21.3 Å². The van der Waals surface area contributed by atoms with Crippen LogP contribution < -0.4 is 0 Å². The molecule has 5 heteroatoms. The molecule has 0 aliphatic carbocycles. The fourth-order valence-corrected chi connectivity index (χ4v) is 1.76. The SMILES string of the molecule is O=C(O)/C=C/c1ccc2ccc(Cl)c(Cl)c2n1. The van der Waals surface area contributed by atoms with E-state index in [4.69, 9.17) is 28.3 Å². The molecule has 86 valence electrons. The Morgan fingerprint density at radius 2 is 1.94 bits per heavy atom. The zero-order valence-corrected chi connectivity index (χ0v) is 10.0. The standard InChI is InChI=1S/C12H7Cl2NO2/c13-9-5-2-7-1-3-8(4-6-10(16)17)15-12(7)11(9)14/h1-6H,(H,16,17)/b6-4+. The van der Waals surface area contributed by atoms with Crippen molar-refractivity contribution in [3.8, 4) is 0 Å². The fourth-order valence-electron chi connectivity index (χ4n) is 1.39. The second-order valence-corrected chi connectivity index (χ2v) is 4.13. The van der Waals surface area contributed by atoms with Crippen LogP contribution >= 0.6 is 23.2 Å². The highest BCUT2D eigenvalue weighted by Gasteiger charge is 2.05. The van der Waals surface area contributed by atoms with Crippen molar-refractivity contribution in [2.75, 3.05) is 0 Å². The van der Waals surface area contributed by atoms with E-state index in [1.165, 1.54) is 6.08 Å². The molecule has 0 saturated heterocycles. The Bertz CT molecular complexity index is 623. The summed E-state index contributed by atoms with van der Waals surface area (Å²) in [5, 5.41) is 10.2. The van der Waals surface area contributed by atoms with Crippen LogP contribution in [0.5, 0.6) is 0 Å².